The van der Waals surface area contributed by atoms with Crippen LogP contribution in [0.1, 0.15) is 12.0 Å². The van der Waals surface area contributed by atoms with Gasteiger partial charge in [-0.2, -0.15) is 0 Å². The van der Waals surface area contributed by atoms with Gasteiger partial charge in [0.2, 0.25) is 5.91 Å². The van der Waals surface area contributed by atoms with Crippen molar-refractivity contribution in [3.8, 4) is 0 Å². The lowest BCUT2D eigenvalue weighted by atomic mass is 10.1. The number of hydrogen-bond donors (Lipinski definition) is 3. The highest BCUT2D eigenvalue weighted by Crippen LogP contribution is 2.33. The number of para-hydroxylation sites is 1. The van der Waals surface area contributed by atoms with Crippen LogP contribution in [0.25, 0.3) is 10.9 Å². The fraction of sp³-hybridized carbons (Fsp3) is 0.118. The summed E-state index contributed by atoms with van der Waals surface area (Å²) >= 11 is 18.0. The van der Waals surface area contributed by atoms with Crippen molar-refractivity contribution < 1.29 is 4.79 Å². The highest BCUT2D eigenvalue weighted by Gasteiger charge is 2.10. The van der Waals surface area contributed by atoms with Gasteiger partial charge in [-0.15, -0.1) is 0 Å². The summed E-state index contributed by atoms with van der Waals surface area (Å²) in [7, 11) is 0. The lowest BCUT2D eigenvalue weighted by Crippen LogP contribution is -2.29. The Hall–Kier alpha value is -1.88. The highest BCUT2D eigenvalue weighted by atomic mass is 35.5. The van der Waals surface area contributed by atoms with Crippen molar-refractivity contribution in [2.45, 2.75) is 12.8 Å². The molecule has 1 amide bonds. The smallest absolute Gasteiger partial charge is 0.238 e. The minimum atomic E-state index is -0.164. The molecule has 4 nitrogen and oxygen atoms in total. The van der Waals surface area contributed by atoms with Gasteiger partial charge in [0.25, 0.3) is 0 Å². The van der Waals surface area contributed by atoms with Crippen molar-refractivity contribution in [1.82, 2.24) is 10.4 Å². The van der Waals surface area contributed by atoms with Crippen LogP contribution in [0.4, 0.5) is 5.69 Å². The first-order valence-electron chi connectivity index (χ1n) is 7.29. The number of H-pyrrole nitrogens is 1. The SMILES string of the molecule is O=C(CCc1c[nH]c2ccccc12)NNc1c(Cl)cc(Cl)cc1Cl. The fourth-order valence-corrected chi connectivity index (χ4v) is 3.35. The van der Waals surface area contributed by atoms with E-state index in [1.807, 2.05) is 30.5 Å². The molecule has 0 atom stereocenters. The molecule has 124 valence electrons. The predicted octanol–water partition coefficient (Wildman–Crippen LogP) is 5.20. The molecule has 0 aliphatic heterocycles. The lowest BCUT2D eigenvalue weighted by Gasteiger charge is -2.12. The Balaban J connectivity index is 1.59. The summed E-state index contributed by atoms with van der Waals surface area (Å²) < 4.78 is 0. The molecule has 24 heavy (non-hydrogen) atoms. The Morgan fingerprint density at radius 3 is 2.54 bits per heavy atom. The number of aromatic amines is 1. The summed E-state index contributed by atoms with van der Waals surface area (Å²) in [4.78, 5) is 15.2. The molecule has 3 aromatic rings. The largest absolute Gasteiger partial charge is 0.361 e. The van der Waals surface area contributed by atoms with Crippen LogP contribution in [0, 0.1) is 0 Å². The van der Waals surface area contributed by atoms with Crippen molar-refractivity contribution in [2.75, 3.05) is 5.43 Å². The Morgan fingerprint density at radius 2 is 1.79 bits per heavy atom. The van der Waals surface area contributed by atoms with Crippen LogP contribution in [-0.4, -0.2) is 10.9 Å². The number of nitrogens with one attached hydrogen (secondary N) is 3. The maximum Gasteiger partial charge on any atom is 0.238 e. The maximum atomic E-state index is 12.0. The third-order valence-corrected chi connectivity index (χ3v) is 4.44. The number of hydrogen-bond acceptors (Lipinski definition) is 2. The molecule has 0 aliphatic rings. The Morgan fingerprint density at radius 1 is 1.08 bits per heavy atom. The van der Waals surface area contributed by atoms with Crippen molar-refractivity contribution in [3.05, 3.63) is 63.2 Å². The normalized spacial score (nSPS) is 10.8. The Bertz CT molecular complexity index is 869. The van der Waals surface area contributed by atoms with Gasteiger partial charge in [-0.05, 0) is 30.2 Å². The van der Waals surface area contributed by atoms with Crippen molar-refractivity contribution in [3.63, 3.8) is 0 Å². The monoisotopic (exact) mass is 381 g/mol. The topological polar surface area (TPSA) is 56.9 Å². The Labute approximate surface area is 154 Å². The highest BCUT2D eigenvalue weighted by molar-refractivity contribution is 6.41. The molecular weight excluding hydrogens is 369 g/mol. The van der Waals surface area contributed by atoms with Gasteiger partial charge in [-0.1, -0.05) is 53.0 Å². The predicted molar refractivity (Wildman–Crippen MR) is 99.9 cm³/mol. The molecule has 3 N–H and O–H groups in total. The molecule has 3 rings (SSSR count). The van der Waals surface area contributed by atoms with Crippen molar-refractivity contribution >= 4 is 57.3 Å². The number of fused-ring (bicyclic) bond motifs is 1. The standard InChI is InChI=1S/C17H14Cl3N3O/c18-11-7-13(19)17(14(20)8-11)23-22-16(24)6-5-10-9-21-15-4-2-1-3-12(10)15/h1-4,7-9,21,23H,5-6H2,(H,22,24). The summed E-state index contributed by atoms with van der Waals surface area (Å²) in [5, 5.41) is 2.23. The number of carbonyl (C=O) groups is 1. The van der Waals surface area contributed by atoms with Crippen LogP contribution in [0.15, 0.2) is 42.6 Å². The number of aryl methyl sites for hydroxylation is 1. The van der Waals surface area contributed by atoms with E-state index in [9.17, 15) is 4.79 Å². The summed E-state index contributed by atoms with van der Waals surface area (Å²) in [5.41, 5.74) is 7.93. The fourth-order valence-electron chi connectivity index (χ4n) is 2.44. The number of aromatic nitrogens is 1. The van der Waals surface area contributed by atoms with E-state index in [0.717, 1.165) is 16.5 Å². The molecule has 0 bridgehead atoms. The van der Waals surface area contributed by atoms with Gasteiger partial charge >= 0.3 is 0 Å². The number of carbonyl (C=O) groups excluding carboxylic acids is 1. The first kappa shape index (κ1) is 17.0. The zero-order chi connectivity index (χ0) is 17.1. The van der Waals surface area contributed by atoms with Gasteiger partial charge in [-0.3, -0.25) is 15.6 Å². The van der Waals surface area contributed by atoms with Crippen LogP contribution >= 0.6 is 34.8 Å². The van der Waals surface area contributed by atoms with Crippen molar-refractivity contribution in [2.24, 2.45) is 0 Å². The van der Waals surface area contributed by atoms with E-state index in [4.69, 9.17) is 34.8 Å². The van der Waals surface area contributed by atoms with E-state index in [2.05, 4.69) is 15.8 Å². The number of rotatable bonds is 5. The van der Waals surface area contributed by atoms with E-state index in [1.165, 1.54) is 0 Å². The second-order valence-electron chi connectivity index (χ2n) is 5.28. The van der Waals surface area contributed by atoms with Crippen LogP contribution in [0.3, 0.4) is 0 Å². The second-order valence-corrected chi connectivity index (χ2v) is 6.53. The zero-order valence-electron chi connectivity index (χ0n) is 12.5. The molecule has 0 unspecified atom stereocenters. The number of benzene rings is 2. The first-order valence-corrected chi connectivity index (χ1v) is 8.42. The van der Waals surface area contributed by atoms with Gasteiger partial charge in [0.1, 0.15) is 0 Å². The number of halogens is 3. The van der Waals surface area contributed by atoms with Gasteiger partial charge in [0, 0.05) is 28.5 Å². The molecule has 0 aliphatic carbocycles. The molecule has 1 heterocycles. The molecule has 0 saturated heterocycles. The van der Waals surface area contributed by atoms with E-state index >= 15 is 0 Å². The molecule has 0 fully saturated rings. The van der Waals surface area contributed by atoms with Crippen LogP contribution < -0.4 is 10.9 Å². The van der Waals surface area contributed by atoms with Gasteiger partial charge < -0.3 is 4.98 Å². The number of anilines is 1. The van der Waals surface area contributed by atoms with Gasteiger partial charge in [0.05, 0.1) is 15.7 Å². The van der Waals surface area contributed by atoms with E-state index in [-0.39, 0.29) is 5.91 Å². The van der Waals surface area contributed by atoms with Crippen LogP contribution in [0.5, 0.6) is 0 Å². The quantitative estimate of drug-likeness (QED) is 0.531. The second kappa shape index (κ2) is 7.34. The minimum absolute atomic E-state index is 0.164. The molecular formula is C17H14Cl3N3O. The Kier molecular flexibility index (Phi) is 5.19. The van der Waals surface area contributed by atoms with Crippen LogP contribution in [-0.2, 0) is 11.2 Å². The molecule has 0 radical (unpaired) electrons. The van der Waals surface area contributed by atoms with E-state index in [0.29, 0.717) is 33.6 Å². The molecule has 7 heteroatoms. The van der Waals surface area contributed by atoms with Crippen LogP contribution in [0.2, 0.25) is 15.1 Å². The third kappa shape index (κ3) is 3.78. The summed E-state index contributed by atoms with van der Waals surface area (Å²) in [5.74, 6) is -0.164. The average molecular weight is 383 g/mol. The zero-order valence-corrected chi connectivity index (χ0v) is 14.8. The molecule has 2 aromatic carbocycles. The lowest BCUT2D eigenvalue weighted by molar-refractivity contribution is -0.120. The summed E-state index contributed by atoms with van der Waals surface area (Å²) in [6.45, 7) is 0. The van der Waals surface area contributed by atoms with E-state index in [1.54, 1.807) is 12.1 Å². The maximum absolute atomic E-state index is 12.0. The number of amides is 1. The van der Waals surface area contributed by atoms with Gasteiger partial charge in [-0.25, -0.2) is 0 Å². The third-order valence-electron chi connectivity index (χ3n) is 3.63. The molecule has 0 spiro atoms. The molecule has 0 saturated carbocycles. The molecule has 1 aromatic heterocycles. The summed E-state index contributed by atoms with van der Waals surface area (Å²) in [6.07, 6.45) is 2.88. The van der Waals surface area contributed by atoms with Crippen molar-refractivity contribution in [1.29, 1.82) is 0 Å². The van der Waals surface area contributed by atoms with E-state index < -0.39 is 0 Å². The summed E-state index contributed by atoms with van der Waals surface area (Å²) in [6, 6.07) is 11.1. The minimum Gasteiger partial charge on any atom is -0.361 e. The van der Waals surface area contributed by atoms with Gasteiger partial charge in [0.15, 0.2) is 0 Å². The average Bonchev–Trinajstić information content (AvgIpc) is 2.95. The number of hydrazine groups is 1. The first-order chi connectivity index (χ1) is 11.5.